The molecule has 2 amide bonds. The molecule has 190 valence electrons. The topological polar surface area (TPSA) is 76.2 Å². The summed E-state index contributed by atoms with van der Waals surface area (Å²) in [6, 6.07) is 17.9. The highest BCUT2D eigenvalue weighted by Gasteiger charge is 2.70. The number of hydrogen-bond acceptors (Lipinski definition) is 5. The Morgan fingerprint density at radius 2 is 1.61 bits per heavy atom. The Kier molecular flexibility index (Phi) is 6.45. The molecule has 0 aromatic heterocycles. The minimum Gasteiger partial charge on any atom is -0.458 e. The zero-order chi connectivity index (χ0) is 26.3. The summed E-state index contributed by atoms with van der Waals surface area (Å²) in [7, 11) is 0. The van der Waals surface area contributed by atoms with Crippen LogP contribution in [-0.4, -0.2) is 51.1 Å². The van der Waals surface area contributed by atoms with E-state index in [0.717, 1.165) is 11.1 Å². The molecule has 2 fully saturated rings. The lowest BCUT2D eigenvalue weighted by molar-refractivity contribution is -0.201. The lowest BCUT2D eigenvalue weighted by Crippen LogP contribution is -2.79. The number of cyclic esters (lactones) is 1. The molecular weight excluding hydrogens is 456 g/mol. The van der Waals surface area contributed by atoms with Gasteiger partial charge in [0, 0.05) is 0 Å². The van der Waals surface area contributed by atoms with Gasteiger partial charge in [-0.1, -0.05) is 66.7 Å². The van der Waals surface area contributed by atoms with Gasteiger partial charge in [0.2, 0.25) is 0 Å². The van der Waals surface area contributed by atoms with Gasteiger partial charge in [0.15, 0.2) is 0 Å². The Morgan fingerprint density at radius 3 is 2.14 bits per heavy atom. The third-order valence-corrected chi connectivity index (χ3v) is 7.03. The van der Waals surface area contributed by atoms with Gasteiger partial charge in [-0.25, -0.2) is 9.59 Å². The van der Waals surface area contributed by atoms with Crippen LogP contribution in [0.4, 0.5) is 4.79 Å². The maximum Gasteiger partial charge on any atom is 0.411 e. The molecule has 0 radical (unpaired) electrons. The normalized spacial score (nSPS) is 25.6. The number of hydrogen-bond donors (Lipinski definition) is 0. The molecule has 0 unspecified atom stereocenters. The highest BCUT2D eigenvalue weighted by molar-refractivity contribution is 6.01. The van der Waals surface area contributed by atoms with E-state index < -0.39 is 40.8 Å². The lowest BCUT2D eigenvalue weighted by atomic mass is 9.70. The first kappa shape index (κ1) is 25.5. The summed E-state index contributed by atoms with van der Waals surface area (Å²) in [6.45, 7) is 12.8. The first-order valence-electron chi connectivity index (χ1n) is 12.2. The van der Waals surface area contributed by atoms with Crippen LogP contribution in [0.1, 0.15) is 64.3 Å². The van der Waals surface area contributed by atoms with Crippen LogP contribution in [0.5, 0.6) is 0 Å². The quantitative estimate of drug-likeness (QED) is 0.303. The molecule has 36 heavy (non-hydrogen) atoms. The number of nitrogens with zero attached hydrogens (tertiary/aromatic N) is 2. The molecule has 2 saturated heterocycles. The molecule has 2 aromatic carbocycles. The predicted molar refractivity (Wildman–Crippen MR) is 136 cm³/mol. The van der Waals surface area contributed by atoms with E-state index in [-0.39, 0.29) is 18.9 Å². The summed E-state index contributed by atoms with van der Waals surface area (Å²) < 4.78 is 11.2. The Balaban J connectivity index is 1.83. The summed E-state index contributed by atoms with van der Waals surface area (Å²) in [5, 5.41) is 0. The van der Waals surface area contributed by atoms with Crippen molar-refractivity contribution in [1.82, 2.24) is 9.80 Å². The number of esters is 1. The molecule has 0 bridgehead atoms. The van der Waals surface area contributed by atoms with Gasteiger partial charge in [0.05, 0.1) is 12.1 Å². The largest absolute Gasteiger partial charge is 0.458 e. The average Bonchev–Trinajstić information content (AvgIpc) is 3.23. The number of benzene rings is 2. The van der Waals surface area contributed by atoms with Gasteiger partial charge in [-0.2, -0.15) is 0 Å². The van der Waals surface area contributed by atoms with E-state index >= 15 is 0 Å². The summed E-state index contributed by atoms with van der Waals surface area (Å²) in [5.41, 5.74) is -1.65. The van der Waals surface area contributed by atoms with Gasteiger partial charge in [-0.3, -0.25) is 9.69 Å². The lowest BCUT2D eigenvalue weighted by Gasteiger charge is -2.62. The standard InChI is InChI=1S/C29H34N2O5/c1-7-18-28(5,25(33)36-27(2,3)4)31-23(21-16-12-9-13-17-21)29(6,24(31)32)30-22(19-35-26(30)34)20-14-10-8-11-15-20/h7-17,22-23H,1,18-19H2,2-6H3/t22-,23-,28+,29+/m1/s1. The second-order valence-electron chi connectivity index (χ2n) is 10.8. The molecule has 7 heteroatoms. The summed E-state index contributed by atoms with van der Waals surface area (Å²) in [4.78, 5) is 44.0. The second kappa shape index (κ2) is 9.12. The van der Waals surface area contributed by atoms with Crippen molar-refractivity contribution >= 4 is 18.0 Å². The molecule has 2 aliphatic rings. The molecule has 4 atom stereocenters. The second-order valence-corrected chi connectivity index (χ2v) is 10.8. The van der Waals surface area contributed by atoms with E-state index in [1.165, 1.54) is 0 Å². The Labute approximate surface area is 212 Å². The summed E-state index contributed by atoms with van der Waals surface area (Å²) in [6.07, 6.45) is 1.26. The SMILES string of the molecule is C=CC[C@@](C)(C(=O)OC(C)(C)C)N1C(=O)[C@@](C)(N2C(=O)OC[C@@H]2c2ccccc2)[C@H]1c1ccccc1. The fraction of sp³-hybridized carbons (Fsp3) is 0.414. The van der Waals surface area contributed by atoms with Gasteiger partial charge >= 0.3 is 12.1 Å². The molecular formula is C29H34N2O5. The molecule has 0 N–H and O–H groups in total. The Morgan fingerprint density at radius 1 is 1.06 bits per heavy atom. The van der Waals surface area contributed by atoms with Gasteiger partial charge in [-0.15, -0.1) is 6.58 Å². The van der Waals surface area contributed by atoms with Crippen molar-refractivity contribution < 1.29 is 23.9 Å². The third-order valence-electron chi connectivity index (χ3n) is 7.03. The number of rotatable bonds is 7. The monoisotopic (exact) mass is 490 g/mol. The molecule has 0 aliphatic carbocycles. The fourth-order valence-corrected chi connectivity index (χ4v) is 5.32. The average molecular weight is 491 g/mol. The molecule has 7 nitrogen and oxygen atoms in total. The van der Waals surface area contributed by atoms with Gasteiger partial charge in [0.25, 0.3) is 5.91 Å². The minimum atomic E-state index is -1.32. The van der Waals surface area contributed by atoms with Crippen molar-refractivity contribution in [3.05, 3.63) is 84.4 Å². The fourth-order valence-electron chi connectivity index (χ4n) is 5.32. The van der Waals surface area contributed by atoms with Crippen LogP contribution in [0.15, 0.2) is 73.3 Å². The third kappa shape index (κ3) is 4.06. The smallest absolute Gasteiger partial charge is 0.411 e. The first-order chi connectivity index (χ1) is 16.9. The minimum absolute atomic E-state index is 0.142. The van der Waals surface area contributed by atoms with Crippen molar-refractivity contribution in [2.24, 2.45) is 0 Å². The maximum absolute atomic E-state index is 14.2. The van der Waals surface area contributed by atoms with Crippen molar-refractivity contribution in [1.29, 1.82) is 0 Å². The van der Waals surface area contributed by atoms with E-state index in [1.54, 1.807) is 50.5 Å². The molecule has 2 aliphatic heterocycles. The first-order valence-corrected chi connectivity index (χ1v) is 12.2. The van der Waals surface area contributed by atoms with Crippen LogP contribution in [0.25, 0.3) is 0 Å². The number of ether oxygens (including phenoxy) is 2. The van der Waals surface area contributed by atoms with Crippen LogP contribution in [0.2, 0.25) is 0 Å². The number of carbonyl (C=O) groups excluding carboxylic acids is 3. The van der Waals surface area contributed by atoms with Crippen LogP contribution in [-0.2, 0) is 19.1 Å². The van der Waals surface area contributed by atoms with E-state index in [4.69, 9.17) is 9.47 Å². The molecule has 0 saturated carbocycles. The van der Waals surface area contributed by atoms with Crippen molar-refractivity contribution in [3.8, 4) is 0 Å². The number of β-lactam (4-membered cyclic amide) rings is 1. The number of carbonyl (C=O) groups is 3. The summed E-state index contributed by atoms with van der Waals surface area (Å²) >= 11 is 0. The molecule has 4 rings (SSSR count). The number of likely N-dealkylation sites (tertiary alicyclic amines) is 1. The van der Waals surface area contributed by atoms with Gasteiger partial charge in [-0.05, 0) is 52.2 Å². The number of amides is 2. The van der Waals surface area contributed by atoms with Crippen molar-refractivity contribution in [2.45, 2.75) is 69.8 Å². The van der Waals surface area contributed by atoms with Crippen LogP contribution >= 0.6 is 0 Å². The van der Waals surface area contributed by atoms with Crippen LogP contribution in [0.3, 0.4) is 0 Å². The molecule has 0 spiro atoms. The predicted octanol–water partition coefficient (Wildman–Crippen LogP) is 5.20. The summed E-state index contributed by atoms with van der Waals surface area (Å²) in [5.74, 6) is -0.860. The molecule has 2 heterocycles. The zero-order valence-corrected chi connectivity index (χ0v) is 21.6. The zero-order valence-electron chi connectivity index (χ0n) is 21.6. The highest BCUT2D eigenvalue weighted by Crippen LogP contribution is 2.55. The van der Waals surface area contributed by atoms with E-state index in [1.807, 2.05) is 60.7 Å². The van der Waals surface area contributed by atoms with Gasteiger partial charge in [0.1, 0.15) is 23.3 Å². The van der Waals surface area contributed by atoms with Gasteiger partial charge < -0.3 is 14.4 Å². The molecule has 2 aromatic rings. The van der Waals surface area contributed by atoms with Crippen molar-refractivity contribution in [2.75, 3.05) is 6.61 Å². The van der Waals surface area contributed by atoms with E-state index in [0.29, 0.717) is 0 Å². The Hall–Kier alpha value is -3.61. The van der Waals surface area contributed by atoms with E-state index in [2.05, 4.69) is 6.58 Å². The van der Waals surface area contributed by atoms with Crippen LogP contribution in [0, 0.1) is 0 Å². The Bertz CT molecular complexity index is 1160. The van der Waals surface area contributed by atoms with Crippen molar-refractivity contribution in [3.63, 3.8) is 0 Å². The van der Waals surface area contributed by atoms with Crippen LogP contribution < -0.4 is 0 Å². The highest BCUT2D eigenvalue weighted by atomic mass is 16.6. The van der Waals surface area contributed by atoms with E-state index in [9.17, 15) is 14.4 Å². The maximum atomic E-state index is 14.2.